The molecule has 1 atom stereocenters. The highest BCUT2D eigenvalue weighted by atomic mass is 16.6. The quantitative estimate of drug-likeness (QED) is 0.625. The van der Waals surface area contributed by atoms with Crippen molar-refractivity contribution < 1.29 is 9.72 Å². The van der Waals surface area contributed by atoms with Gasteiger partial charge in [0, 0.05) is 17.5 Å². The third kappa shape index (κ3) is 2.29. The molecule has 0 radical (unpaired) electrons. The van der Waals surface area contributed by atoms with E-state index in [0.29, 0.717) is 19.3 Å². The van der Waals surface area contributed by atoms with E-state index in [9.17, 15) is 20.2 Å². The zero-order valence-corrected chi connectivity index (χ0v) is 11.5. The van der Waals surface area contributed by atoms with E-state index in [-0.39, 0.29) is 11.5 Å². The summed E-state index contributed by atoms with van der Waals surface area (Å²) >= 11 is 0. The van der Waals surface area contributed by atoms with Crippen LogP contribution < -0.4 is 0 Å². The van der Waals surface area contributed by atoms with Gasteiger partial charge in [-0.2, -0.15) is 5.26 Å². The third-order valence-corrected chi connectivity index (χ3v) is 4.09. The first-order chi connectivity index (χ1) is 9.31. The molecule has 1 aliphatic rings. The van der Waals surface area contributed by atoms with E-state index in [1.165, 1.54) is 12.1 Å². The van der Waals surface area contributed by atoms with Gasteiger partial charge in [-0.15, -0.1) is 0 Å². The molecule has 0 aliphatic heterocycles. The lowest BCUT2D eigenvalue weighted by molar-refractivity contribution is -0.384. The summed E-state index contributed by atoms with van der Waals surface area (Å²) in [5, 5.41) is 20.1. The lowest BCUT2D eigenvalue weighted by Crippen LogP contribution is -2.33. The monoisotopic (exact) mass is 272 g/mol. The predicted molar refractivity (Wildman–Crippen MR) is 72.9 cm³/mol. The van der Waals surface area contributed by atoms with Crippen molar-refractivity contribution in [1.29, 1.82) is 5.26 Å². The lowest BCUT2D eigenvalue weighted by Gasteiger charge is -2.22. The second-order valence-electron chi connectivity index (χ2n) is 6.01. The number of ketones is 1. The fourth-order valence-electron chi connectivity index (χ4n) is 2.80. The minimum atomic E-state index is -0.986. The smallest absolute Gasteiger partial charge is 0.269 e. The van der Waals surface area contributed by atoms with Crippen molar-refractivity contribution in [2.75, 3.05) is 0 Å². The minimum absolute atomic E-state index is 0.0119. The van der Waals surface area contributed by atoms with Crippen molar-refractivity contribution in [3.05, 3.63) is 39.9 Å². The summed E-state index contributed by atoms with van der Waals surface area (Å²) in [6.45, 7) is 3.73. The van der Waals surface area contributed by atoms with E-state index in [1.807, 2.05) is 13.8 Å². The van der Waals surface area contributed by atoms with Crippen LogP contribution in [0.3, 0.4) is 0 Å². The molecule has 1 aromatic carbocycles. The van der Waals surface area contributed by atoms with Crippen LogP contribution in [0, 0.1) is 32.3 Å². The van der Waals surface area contributed by atoms with E-state index in [0.717, 1.165) is 5.56 Å². The SMILES string of the molecule is CC1(C)CCC(C#N)(Cc2ccc([N+](=O)[O-])cc2)C1=O. The fraction of sp³-hybridized carbons (Fsp3) is 0.467. The Morgan fingerprint density at radius 1 is 1.30 bits per heavy atom. The summed E-state index contributed by atoms with van der Waals surface area (Å²) in [4.78, 5) is 22.6. The number of benzene rings is 1. The Kier molecular flexibility index (Phi) is 3.34. The number of Topliss-reactive ketones (excluding diaryl/α,β-unsaturated/α-hetero) is 1. The van der Waals surface area contributed by atoms with Gasteiger partial charge in [0.25, 0.3) is 5.69 Å². The number of nitro benzene ring substituents is 1. The van der Waals surface area contributed by atoms with Crippen molar-refractivity contribution in [3.8, 4) is 6.07 Å². The molecular formula is C15H16N2O3. The van der Waals surface area contributed by atoms with Crippen LogP contribution >= 0.6 is 0 Å². The van der Waals surface area contributed by atoms with E-state index < -0.39 is 15.8 Å². The van der Waals surface area contributed by atoms with Crippen molar-refractivity contribution in [2.24, 2.45) is 10.8 Å². The topological polar surface area (TPSA) is 84.0 Å². The Labute approximate surface area is 117 Å². The molecule has 1 saturated carbocycles. The highest BCUT2D eigenvalue weighted by molar-refractivity contribution is 5.94. The fourth-order valence-corrected chi connectivity index (χ4v) is 2.80. The normalized spacial score (nSPS) is 24.4. The summed E-state index contributed by atoms with van der Waals surface area (Å²) in [7, 11) is 0. The van der Waals surface area contributed by atoms with Crippen molar-refractivity contribution >= 4 is 11.5 Å². The van der Waals surface area contributed by atoms with Gasteiger partial charge in [-0.05, 0) is 24.8 Å². The number of nitrogens with zero attached hydrogens (tertiary/aromatic N) is 2. The van der Waals surface area contributed by atoms with Gasteiger partial charge >= 0.3 is 0 Å². The van der Waals surface area contributed by atoms with Gasteiger partial charge in [-0.1, -0.05) is 26.0 Å². The van der Waals surface area contributed by atoms with E-state index in [1.54, 1.807) is 12.1 Å². The van der Waals surface area contributed by atoms with Gasteiger partial charge in [-0.25, -0.2) is 0 Å². The largest absolute Gasteiger partial charge is 0.297 e. The molecule has 0 aromatic heterocycles. The number of nitriles is 1. The highest BCUT2D eigenvalue weighted by Crippen LogP contribution is 2.47. The maximum atomic E-state index is 12.4. The lowest BCUT2D eigenvalue weighted by atomic mass is 9.77. The van der Waals surface area contributed by atoms with Crippen LogP contribution in [0.5, 0.6) is 0 Å². The zero-order chi connectivity index (χ0) is 15.0. The second-order valence-corrected chi connectivity index (χ2v) is 6.01. The Morgan fingerprint density at radius 2 is 1.90 bits per heavy atom. The predicted octanol–water partition coefficient (Wildman–Crippen LogP) is 3.04. The summed E-state index contributed by atoms with van der Waals surface area (Å²) in [6.07, 6.45) is 1.57. The average molecular weight is 272 g/mol. The number of hydrogen-bond donors (Lipinski definition) is 0. The average Bonchev–Trinajstić information content (AvgIpc) is 2.64. The summed E-state index contributed by atoms with van der Waals surface area (Å²) in [5.41, 5.74) is -0.656. The zero-order valence-electron chi connectivity index (χ0n) is 11.5. The third-order valence-electron chi connectivity index (χ3n) is 4.09. The highest BCUT2D eigenvalue weighted by Gasteiger charge is 2.52. The molecule has 20 heavy (non-hydrogen) atoms. The Bertz CT molecular complexity index is 599. The minimum Gasteiger partial charge on any atom is -0.297 e. The molecule has 0 amide bonds. The maximum absolute atomic E-state index is 12.4. The second kappa shape index (κ2) is 4.71. The molecule has 0 heterocycles. The van der Waals surface area contributed by atoms with Crippen LogP contribution in [0.25, 0.3) is 0 Å². The Hall–Kier alpha value is -2.22. The van der Waals surface area contributed by atoms with Crippen LogP contribution in [-0.2, 0) is 11.2 Å². The first-order valence-corrected chi connectivity index (χ1v) is 6.50. The van der Waals surface area contributed by atoms with Crippen molar-refractivity contribution in [1.82, 2.24) is 0 Å². The molecule has 104 valence electrons. The van der Waals surface area contributed by atoms with Crippen LogP contribution in [0.1, 0.15) is 32.3 Å². The van der Waals surface area contributed by atoms with Gasteiger partial charge in [0.15, 0.2) is 5.78 Å². The van der Waals surface area contributed by atoms with Crippen molar-refractivity contribution in [3.63, 3.8) is 0 Å². The van der Waals surface area contributed by atoms with Crippen LogP contribution in [0.2, 0.25) is 0 Å². The van der Waals surface area contributed by atoms with Gasteiger partial charge < -0.3 is 0 Å². The molecule has 2 rings (SSSR count). The summed E-state index contributed by atoms with van der Waals surface area (Å²) in [5.74, 6) is -0.0224. The number of nitro groups is 1. The molecule has 5 heteroatoms. The molecule has 1 fully saturated rings. The molecule has 0 saturated heterocycles. The first kappa shape index (κ1) is 14.2. The standard InChI is InChI=1S/C15H16N2O3/c1-14(2)7-8-15(10-16,13(14)18)9-11-3-5-12(6-4-11)17(19)20/h3-6H,7-9H2,1-2H3. The summed E-state index contributed by atoms with van der Waals surface area (Å²) in [6, 6.07) is 8.24. The molecule has 1 aromatic rings. The Balaban J connectivity index is 2.26. The molecule has 0 spiro atoms. The van der Waals surface area contributed by atoms with Gasteiger partial charge in [-0.3, -0.25) is 14.9 Å². The number of rotatable bonds is 3. The number of carbonyl (C=O) groups excluding carboxylic acids is 1. The van der Waals surface area contributed by atoms with Crippen LogP contribution in [-0.4, -0.2) is 10.7 Å². The molecule has 1 unspecified atom stereocenters. The van der Waals surface area contributed by atoms with Crippen LogP contribution in [0.4, 0.5) is 5.69 Å². The van der Waals surface area contributed by atoms with Gasteiger partial charge in [0.1, 0.15) is 5.41 Å². The molecule has 0 bridgehead atoms. The Morgan fingerprint density at radius 3 is 2.30 bits per heavy atom. The van der Waals surface area contributed by atoms with Crippen LogP contribution in [0.15, 0.2) is 24.3 Å². The first-order valence-electron chi connectivity index (χ1n) is 6.50. The molecular weight excluding hydrogens is 256 g/mol. The van der Waals surface area contributed by atoms with E-state index >= 15 is 0 Å². The number of non-ortho nitro benzene ring substituents is 1. The summed E-state index contributed by atoms with van der Waals surface area (Å²) < 4.78 is 0. The van der Waals surface area contributed by atoms with E-state index in [2.05, 4.69) is 6.07 Å². The van der Waals surface area contributed by atoms with Gasteiger partial charge in [0.05, 0.1) is 11.0 Å². The maximum Gasteiger partial charge on any atom is 0.269 e. The van der Waals surface area contributed by atoms with Crippen molar-refractivity contribution in [2.45, 2.75) is 33.1 Å². The van der Waals surface area contributed by atoms with E-state index in [4.69, 9.17) is 0 Å². The molecule has 0 N–H and O–H groups in total. The van der Waals surface area contributed by atoms with Gasteiger partial charge in [0.2, 0.25) is 0 Å². The number of carbonyl (C=O) groups is 1. The molecule has 1 aliphatic carbocycles. The number of hydrogen-bond acceptors (Lipinski definition) is 4. The molecule has 5 nitrogen and oxygen atoms in total.